The third-order valence-corrected chi connectivity index (χ3v) is 7.97. The molecule has 2 aliphatic rings. The standard InChI is InChI=1S/C18H29N.C17H27N/c1-17(2,3)19(18(4,5)6)16-12-11-14-9-7-8-10-15(14)13-16;1-16(2,3)18(17(4,5)6)15-11-13-9-7-8-10-14(13)12-15/h7-10,16H,11-13H2,1-6H3;7-10,15H,11-12H2,1-6H3. The summed E-state index contributed by atoms with van der Waals surface area (Å²) in [5, 5.41) is 0. The van der Waals surface area contributed by atoms with Crippen LogP contribution in [0.25, 0.3) is 0 Å². The molecule has 2 aliphatic carbocycles. The maximum Gasteiger partial charge on any atom is 0.0187 e. The lowest BCUT2D eigenvalue weighted by Crippen LogP contribution is -2.58. The van der Waals surface area contributed by atoms with Crippen molar-refractivity contribution in [1.82, 2.24) is 9.80 Å². The summed E-state index contributed by atoms with van der Waals surface area (Å²) in [5.74, 6) is 0. The summed E-state index contributed by atoms with van der Waals surface area (Å²) in [6.07, 6.45) is 6.11. The van der Waals surface area contributed by atoms with E-state index < -0.39 is 0 Å². The van der Waals surface area contributed by atoms with Gasteiger partial charge in [0.25, 0.3) is 0 Å². The van der Waals surface area contributed by atoms with Crippen LogP contribution >= 0.6 is 0 Å². The zero-order valence-electron chi connectivity index (χ0n) is 26.2. The molecule has 0 bridgehead atoms. The normalized spacial score (nSPS) is 18.9. The number of aryl methyl sites for hydroxylation is 1. The Morgan fingerprint density at radius 2 is 0.757 bits per heavy atom. The molecule has 0 N–H and O–H groups in total. The summed E-state index contributed by atoms with van der Waals surface area (Å²) >= 11 is 0. The highest BCUT2D eigenvalue weighted by atomic mass is 15.3. The van der Waals surface area contributed by atoms with E-state index in [1.165, 1.54) is 32.1 Å². The van der Waals surface area contributed by atoms with Crippen LogP contribution in [0.1, 0.15) is 112 Å². The minimum absolute atomic E-state index is 0.213. The first-order chi connectivity index (χ1) is 16.9. The number of hydrogen-bond acceptors (Lipinski definition) is 2. The van der Waals surface area contributed by atoms with Gasteiger partial charge in [-0.05, 0) is 137 Å². The molecule has 0 saturated heterocycles. The number of hydrogen-bond donors (Lipinski definition) is 0. The Bertz CT molecular complexity index is 970. The van der Waals surface area contributed by atoms with E-state index in [0.717, 1.165) is 0 Å². The molecular weight excluding hydrogens is 448 g/mol. The molecule has 0 aromatic heterocycles. The maximum atomic E-state index is 2.72. The van der Waals surface area contributed by atoms with Crippen molar-refractivity contribution in [2.45, 2.75) is 149 Å². The van der Waals surface area contributed by atoms with E-state index in [0.29, 0.717) is 12.1 Å². The summed E-state index contributed by atoms with van der Waals surface area (Å²) < 4.78 is 0. The Morgan fingerprint density at radius 3 is 1.14 bits per heavy atom. The van der Waals surface area contributed by atoms with E-state index in [1.807, 2.05) is 0 Å². The average Bonchev–Trinajstić information content (AvgIpc) is 3.12. The predicted octanol–water partition coefficient (Wildman–Crippen LogP) is 8.50. The van der Waals surface area contributed by atoms with Crippen LogP contribution in [-0.4, -0.2) is 44.0 Å². The van der Waals surface area contributed by atoms with E-state index in [1.54, 1.807) is 22.3 Å². The molecule has 206 valence electrons. The molecule has 2 aromatic carbocycles. The van der Waals surface area contributed by atoms with Crippen molar-refractivity contribution in [3.8, 4) is 0 Å². The number of rotatable bonds is 2. The second kappa shape index (κ2) is 10.9. The first kappa shape index (κ1) is 29.9. The SMILES string of the molecule is CC(C)(C)N(C1CCc2ccccc2C1)C(C)(C)C.CC(C)(C)N(C1Cc2ccccc2C1)C(C)(C)C. The quantitative estimate of drug-likeness (QED) is 0.404. The third-order valence-electron chi connectivity index (χ3n) is 7.97. The summed E-state index contributed by atoms with van der Waals surface area (Å²) in [6.45, 7) is 28.1. The molecule has 0 heterocycles. The van der Waals surface area contributed by atoms with E-state index in [2.05, 4.69) is 141 Å². The Hall–Kier alpha value is -1.64. The van der Waals surface area contributed by atoms with Gasteiger partial charge in [-0.25, -0.2) is 0 Å². The fourth-order valence-electron chi connectivity index (χ4n) is 7.82. The van der Waals surface area contributed by atoms with Crippen molar-refractivity contribution in [3.05, 3.63) is 70.8 Å². The molecule has 0 amide bonds. The molecule has 0 saturated carbocycles. The van der Waals surface area contributed by atoms with Gasteiger partial charge in [0.2, 0.25) is 0 Å². The fourth-order valence-corrected chi connectivity index (χ4v) is 7.82. The van der Waals surface area contributed by atoms with E-state index >= 15 is 0 Å². The van der Waals surface area contributed by atoms with E-state index in [9.17, 15) is 0 Å². The smallest absolute Gasteiger partial charge is 0.0187 e. The minimum atomic E-state index is 0.213. The number of nitrogens with zero attached hydrogens (tertiary/aromatic N) is 2. The topological polar surface area (TPSA) is 6.48 Å². The Labute approximate surface area is 229 Å². The second-order valence-electron chi connectivity index (χ2n) is 15.4. The molecule has 2 heteroatoms. The summed E-state index contributed by atoms with van der Waals surface area (Å²) in [6, 6.07) is 19.2. The van der Waals surface area contributed by atoms with Crippen molar-refractivity contribution in [1.29, 1.82) is 0 Å². The molecular formula is C35H56N2. The molecule has 0 spiro atoms. The van der Waals surface area contributed by atoms with Crippen LogP contribution in [0.4, 0.5) is 0 Å². The highest BCUT2D eigenvalue weighted by Gasteiger charge is 2.40. The monoisotopic (exact) mass is 504 g/mol. The van der Waals surface area contributed by atoms with Crippen LogP contribution in [-0.2, 0) is 25.7 Å². The van der Waals surface area contributed by atoms with Gasteiger partial charge in [-0.15, -0.1) is 0 Å². The largest absolute Gasteiger partial charge is 0.290 e. The first-order valence-electron chi connectivity index (χ1n) is 14.6. The number of fused-ring (bicyclic) bond motifs is 2. The predicted molar refractivity (Wildman–Crippen MR) is 163 cm³/mol. The van der Waals surface area contributed by atoms with Gasteiger partial charge in [0.15, 0.2) is 0 Å². The lowest BCUT2D eigenvalue weighted by atomic mass is 9.83. The molecule has 4 rings (SSSR count). The summed E-state index contributed by atoms with van der Waals surface area (Å²) in [4.78, 5) is 5.41. The highest BCUT2D eigenvalue weighted by Crippen LogP contribution is 2.36. The molecule has 2 nitrogen and oxygen atoms in total. The highest BCUT2D eigenvalue weighted by molar-refractivity contribution is 5.34. The van der Waals surface area contributed by atoms with Gasteiger partial charge in [-0.3, -0.25) is 9.80 Å². The summed E-state index contributed by atoms with van der Waals surface area (Å²) in [7, 11) is 0. The first-order valence-corrected chi connectivity index (χ1v) is 14.6. The van der Waals surface area contributed by atoms with Crippen LogP contribution < -0.4 is 0 Å². The lowest BCUT2D eigenvalue weighted by molar-refractivity contribution is -0.0106. The van der Waals surface area contributed by atoms with Gasteiger partial charge in [0.05, 0.1) is 0 Å². The average molecular weight is 505 g/mol. The molecule has 0 aliphatic heterocycles. The Kier molecular flexibility index (Phi) is 8.77. The van der Waals surface area contributed by atoms with Crippen LogP contribution in [0, 0.1) is 0 Å². The van der Waals surface area contributed by atoms with Crippen LogP contribution in [0.2, 0.25) is 0 Å². The van der Waals surface area contributed by atoms with Crippen molar-refractivity contribution in [2.24, 2.45) is 0 Å². The molecule has 1 atom stereocenters. The number of benzene rings is 2. The Balaban J connectivity index is 0.000000206. The second-order valence-corrected chi connectivity index (χ2v) is 15.4. The van der Waals surface area contributed by atoms with Crippen LogP contribution in [0.5, 0.6) is 0 Å². The molecule has 0 radical (unpaired) electrons. The van der Waals surface area contributed by atoms with Gasteiger partial charge in [0.1, 0.15) is 0 Å². The fraction of sp³-hybridized carbons (Fsp3) is 0.657. The molecule has 1 unspecified atom stereocenters. The van der Waals surface area contributed by atoms with Gasteiger partial charge in [0, 0.05) is 34.2 Å². The maximum absolute atomic E-state index is 2.72. The van der Waals surface area contributed by atoms with Crippen LogP contribution in [0.15, 0.2) is 48.5 Å². The lowest BCUT2D eigenvalue weighted by Gasteiger charge is -2.51. The van der Waals surface area contributed by atoms with Crippen LogP contribution in [0.3, 0.4) is 0 Å². The van der Waals surface area contributed by atoms with Gasteiger partial charge >= 0.3 is 0 Å². The van der Waals surface area contributed by atoms with Crippen molar-refractivity contribution >= 4 is 0 Å². The molecule has 0 fully saturated rings. The molecule has 37 heavy (non-hydrogen) atoms. The zero-order chi connectivity index (χ0) is 27.8. The van der Waals surface area contributed by atoms with Gasteiger partial charge in [-0.2, -0.15) is 0 Å². The van der Waals surface area contributed by atoms with Gasteiger partial charge in [-0.1, -0.05) is 48.5 Å². The summed E-state index contributed by atoms with van der Waals surface area (Å²) in [5.41, 5.74) is 7.06. The zero-order valence-corrected chi connectivity index (χ0v) is 26.2. The third kappa shape index (κ3) is 7.48. The van der Waals surface area contributed by atoms with Gasteiger partial charge < -0.3 is 0 Å². The van der Waals surface area contributed by atoms with Crippen molar-refractivity contribution in [2.75, 3.05) is 0 Å². The Morgan fingerprint density at radius 1 is 0.459 bits per heavy atom. The van der Waals surface area contributed by atoms with E-state index in [4.69, 9.17) is 0 Å². The van der Waals surface area contributed by atoms with Crippen molar-refractivity contribution < 1.29 is 0 Å². The van der Waals surface area contributed by atoms with Crippen molar-refractivity contribution in [3.63, 3.8) is 0 Å². The van der Waals surface area contributed by atoms with E-state index in [-0.39, 0.29) is 22.2 Å². The molecule has 2 aromatic rings. The minimum Gasteiger partial charge on any atom is -0.290 e.